The minimum absolute atomic E-state index is 0. The van der Waals surface area contributed by atoms with E-state index < -0.39 is 0 Å². The SMILES string of the molecule is Cl.Cl.Cn1ccnc1C1CNCCN1CCc1nc2ccccc2n1C. The normalized spacial score (nSPS) is 17.7. The predicted molar refractivity (Wildman–Crippen MR) is 109 cm³/mol. The number of hydrogen-bond donors (Lipinski definition) is 1. The Hall–Kier alpha value is -1.60. The van der Waals surface area contributed by atoms with Crippen LogP contribution in [0.15, 0.2) is 36.7 Å². The molecule has 0 spiro atoms. The van der Waals surface area contributed by atoms with Crippen LogP contribution in [-0.2, 0) is 20.5 Å². The summed E-state index contributed by atoms with van der Waals surface area (Å²) in [5.74, 6) is 2.28. The topological polar surface area (TPSA) is 50.9 Å². The molecule has 142 valence electrons. The zero-order chi connectivity index (χ0) is 16.5. The van der Waals surface area contributed by atoms with E-state index >= 15 is 0 Å². The van der Waals surface area contributed by atoms with Gasteiger partial charge in [-0.15, -0.1) is 24.8 Å². The molecule has 6 nitrogen and oxygen atoms in total. The molecule has 1 N–H and O–H groups in total. The number of imidazole rings is 2. The Kier molecular flexibility index (Phi) is 7.06. The van der Waals surface area contributed by atoms with Crippen molar-refractivity contribution in [2.24, 2.45) is 14.1 Å². The van der Waals surface area contributed by atoms with Crippen LogP contribution < -0.4 is 5.32 Å². The number of piperazine rings is 1. The third-order valence-corrected chi connectivity index (χ3v) is 5.01. The van der Waals surface area contributed by atoms with Crippen molar-refractivity contribution in [2.45, 2.75) is 12.5 Å². The fourth-order valence-electron chi connectivity index (χ4n) is 3.63. The van der Waals surface area contributed by atoms with Crippen LogP contribution in [0.25, 0.3) is 11.0 Å². The fourth-order valence-corrected chi connectivity index (χ4v) is 3.63. The van der Waals surface area contributed by atoms with Crippen molar-refractivity contribution in [3.8, 4) is 0 Å². The Morgan fingerprint density at radius 3 is 2.73 bits per heavy atom. The maximum absolute atomic E-state index is 4.80. The molecule has 1 fully saturated rings. The van der Waals surface area contributed by atoms with Crippen LogP contribution in [-0.4, -0.2) is 50.2 Å². The number of para-hydroxylation sites is 2. The maximum Gasteiger partial charge on any atom is 0.127 e. The van der Waals surface area contributed by atoms with Crippen LogP contribution in [0.4, 0.5) is 0 Å². The zero-order valence-corrected chi connectivity index (χ0v) is 16.8. The summed E-state index contributed by atoms with van der Waals surface area (Å²) in [4.78, 5) is 11.9. The number of aromatic nitrogens is 4. The van der Waals surface area contributed by atoms with E-state index in [-0.39, 0.29) is 24.8 Å². The molecule has 1 aromatic carbocycles. The van der Waals surface area contributed by atoms with Crippen molar-refractivity contribution in [2.75, 3.05) is 26.2 Å². The highest BCUT2D eigenvalue weighted by molar-refractivity contribution is 5.85. The largest absolute Gasteiger partial charge is 0.337 e. The van der Waals surface area contributed by atoms with Crippen LogP contribution in [0.3, 0.4) is 0 Å². The van der Waals surface area contributed by atoms with Crippen molar-refractivity contribution >= 4 is 35.8 Å². The van der Waals surface area contributed by atoms with Gasteiger partial charge in [-0.1, -0.05) is 12.1 Å². The Balaban J connectivity index is 0.00000121. The molecule has 8 heteroatoms. The molecule has 1 saturated heterocycles. The Morgan fingerprint density at radius 1 is 1.19 bits per heavy atom. The van der Waals surface area contributed by atoms with Gasteiger partial charge in [0.2, 0.25) is 0 Å². The lowest BCUT2D eigenvalue weighted by Crippen LogP contribution is -2.47. The average Bonchev–Trinajstić information content (AvgIpc) is 3.17. The lowest BCUT2D eigenvalue weighted by molar-refractivity contribution is 0.153. The lowest BCUT2D eigenvalue weighted by atomic mass is 10.1. The minimum atomic E-state index is 0. The predicted octanol–water partition coefficient (Wildman–Crippen LogP) is 2.34. The standard InChI is InChI=1S/C18H24N6.2ClH/c1-22-11-9-20-18(22)16-13-19-8-12-24(16)10-7-17-21-14-5-3-4-6-15(14)23(17)2;;/h3-6,9,11,16,19H,7-8,10,12-13H2,1-2H3;2*1H. The molecule has 1 unspecified atom stereocenters. The number of halogens is 2. The highest BCUT2D eigenvalue weighted by Crippen LogP contribution is 2.21. The van der Waals surface area contributed by atoms with Crippen LogP contribution in [0.1, 0.15) is 17.7 Å². The second kappa shape index (κ2) is 8.86. The molecule has 0 bridgehead atoms. The van der Waals surface area contributed by atoms with Crippen molar-refractivity contribution in [3.63, 3.8) is 0 Å². The van der Waals surface area contributed by atoms with Crippen LogP contribution >= 0.6 is 24.8 Å². The molecule has 2 aromatic heterocycles. The van der Waals surface area contributed by atoms with E-state index in [9.17, 15) is 0 Å². The molecule has 4 rings (SSSR count). The highest BCUT2D eigenvalue weighted by Gasteiger charge is 2.26. The van der Waals surface area contributed by atoms with E-state index in [0.717, 1.165) is 49.8 Å². The Labute approximate surface area is 166 Å². The third-order valence-electron chi connectivity index (χ3n) is 5.01. The first-order valence-corrected chi connectivity index (χ1v) is 8.56. The number of benzene rings is 1. The van der Waals surface area contributed by atoms with E-state index in [1.807, 2.05) is 18.5 Å². The summed E-state index contributed by atoms with van der Waals surface area (Å²) in [7, 11) is 4.18. The van der Waals surface area contributed by atoms with Crippen molar-refractivity contribution in [1.82, 2.24) is 29.3 Å². The van der Waals surface area contributed by atoms with Gasteiger partial charge in [0, 0.05) is 59.1 Å². The summed E-state index contributed by atoms with van der Waals surface area (Å²) in [6.07, 6.45) is 4.85. The van der Waals surface area contributed by atoms with E-state index in [1.54, 1.807) is 0 Å². The lowest BCUT2D eigenvalue weighted by Gasteiger charge is -2.35. The number of nitrogens with one attached hydrogen (secondary N) is 1. The van der Waals surface area contributed by atoms with Gasteiger partial charge >= 0.3 is 0 Å². The van der Waals surface area contributed by atoms with Gasteiger partial charge in [0.05, 0.1) is 17.1 Å². The fraction of sp³-hybridized carbons (Fsp3) is 0.444. The summed E-state index contributed by atoms with van der Waals surface area (Å²) in [5, 5.41) is 3.50. The highest BCUT2D eigenvalue weighted by atomic mass is 35.5. The number of rotatable bonds is 4. The average molecular weight is 397 g/mol. The first kappa shape index (κ1) is 20.7. The number of nitrogens with zero attached hydrogens (tertiary/aromatic N) is 5. The summed E-state index contributed by atoms with van der Waals surface area (Å²) in [5.41, 5.74) is 2.28. The summed E-state index contributed by atoms with van der Waals surface area (Å²) in [6.45, 7) is 4.02. The van der Waals surface area contributed by atoms with E-state index in [0.29, 0.717) is 6.04 Å². The second-order valence-electron chi connectivity index (χ2n) is 6.48. The number of aryl methyl sites for hydroxylation is 2. The van der Waals surface area contributed by atoms with Gasteiger partial charge in [0.15, 0.2) is 0 Å². The molecular formula is C18H26Cl2N6. The van der Waals surface area contributed by atoms with E-state index in [4.69, 9.17) is 4.98 Å². The monoisotopic (exact) mass is 396 g/mol. The minimum Gasteiger partial charge on any atom is -0.337 e. The van der Waals surface area contributed by atoms with Gasteiger partial charge in [-0.3, -0.25) is 4.90 Å². The van der Waals surface area contributed by atoms with Crippen LogP contribution in [0.2, 0.25) is 0 Å². The van der Waals surface area contributed by atoms with Gasteiger partial charge in [-0.25, -0.2) is 9.97 Å². The van der Waals surface area contributed by atoms with Gasteiger partial charge in [-0.2, -0.15) is 0 Å². The van der Waals surface area contributed by atoms with Gasteiger partial charge in [-0.05, 0) is 12.1 Å². The first-order valence-electron chi connectivity index (χ1n) is 8.56. The molecular weight excluding hydrogens is 371 g/mol. The summed E-state index contributed by atoms with van der Waals surface area (Å²) in [6, 6.07) is 8.66. The quantitative estimate of drug-likeness (QED) is 0.735. The third kappa shape index (κ3) is 3.88. The molecule has 1 aliphatic heterocycles. The molecule has 3 heterocycles. The second-order valence-corrected chi connectivity index (χ2v) is 6.48. The Morgan fingerprint density at radius 2 is 2.00 bits per heavy atom. The van der Waals surface area contributed by atoms with Crippen molar-refractivity contribution < 1.29 is 0 Å². The molecule has 0 radical (unpaired) electrons. The first-order chi connectivity index (χ1) is 11.7. The van der Waals surface area contributed by atoms with Gasteiger partial charge in [0.25, 0.3) is 0 Å². The summed E-state index contributed by atoms with van der Waals surface area (Å²) < 4.78 is 4.34. The van der Waals surface area contributed by atoms with Crippen molar-refractivity contribution in [3.05, 3.63) is 48.3 Å². The van der Waals surface area contributed by atoms with Gasteiger partial charge < -0.3 is 14.5 Å². The molecule has 26 heavy (non-hydrogen) atoms. The summed E-state index contributed by atoms with van der Waals surface area (Å²) >= 11 is 0. The number of fused-ring (bicyclic) bond motifs is 1. The number of hydrogen-bond acceptors (Lipinski definition) is 4. The smallest absolute Gasteiger partial charge is 0.127 e. The zero-order valence-electron chi connectivity index (χ0n) is 15.1. The molecule has 0 aliphatic carbocycles. The molecule has 0 amide bonds. The van der Waals surface area contributed by atoms with Gasteiger partial charge in [0.1, 0.15) is 11.6 Å². The Bertz CT molecular complexity index is 843. The molecule has 1 aliphatic rings. The van der Waals surface area contributed by atoms with Crippen molar-refractivity contribution in [1.29, 1.82) is 0 Å². The van der Waals surface area contributed by atoms with E-state index in [2.05, 4.69) is 56.6 Å². The maximum atomic E-state index is 4.80. The molecule has 1 atom stereocenters. The van der Waals surface area contributed by atoms with E-state index in [1.165, 1.54) is 5.52 Å². The van der Waals surface area contributed by atoms with Crippen LogP contribution in [0.5, 0.6) is 0 Å². The molecule has 0 saturated carbocycles. The molecule has 3 aromatic rings. The van der Waals surface area contributed by atoms with Crippen LogP contribution in [0, 0.1) is 0 Å².